The van der Waals surface area contributed by atoms with Crippen molar-refractivity contribution in [1.29, 1.82) is 0 Å². The molecule has 1 heterocycles. The molecule has 0 atom stereocenters. The van der Waals surface area contributed by atoms with Gasteiger partial charge >= 0.3 is 6.18 Å². The van der Waals surface area contributed by atoms with Gasteiger partial charge in [0.25, 0.3) is 0 Å². The third kappa shape index (κ3) is 6.43. The highest BCUT2D eigenvalue weighted by atomic mass is 19.4. The van der Waals surface area contributed by atoms with Crippen LogP contribution in [0.5, 0.6) is 0 Å². The zero-order valence-electron chi connectivity index (χ0n) is 13.4. The first-order valence-electron chi connectivity index (χ1n) is 7.56. The van der Waals surface area contributed by atoms with E-state index in [1.807, 2.05) is 0 Å². The number of alkyl halides is 3. The molecule has 0 aliphatic heterocycles. The molecule has 1 aromatic carbocycles. The molecule has 0 spiro atoms. The predicted molar refractivity (Wildman–Crippen MR) is 80.1 cm³/mol. The number of halogens is 5. The summed E-state index contributed by atoms with van der Waals surface area (Å²) in [7, 11) is 0. The summed E-state index contributed by atoms with van der Waals surface area (Å²) in [5.41, 5.74) is 0.0383. The van der Waals surface area contributed by atoms with E-state index >= 15 is 0 Å². The van der Waals surface area contributed by atoms with Crippen molar-refractivity contribution in [3.8, 4) is 11.3 Å². The van der Waals surface area contributed by atoms with Gasteiger partial charge in [0.2, 0.25) is 5.91 Å². The molecule has 0 aliphatic rings. The number of nitrogens with zero attached hydrogens (tertiary/aromatic N) is 1. The summed E-state index contributed by atoms with van der Waals surface area (Å²) in [5.74, 6) is -1.68. The highest BCUT2D eigenvalue weighted by Crippen LogP contribution is 2.24. The Kier molecular flexibility index (Phi) is 6.67. The average molecular weight is 378 g/mol. The highest BCUT2D eigenvalue weighted by molar-refractivity contribution is 5.76. The van der Waals surface area contributed by atoms with Crippen molar-refractivity contribution in [2.45, 2.75) is 19.0 Å². The number of ether oxygens (including phenoxy) is 1. The summed E-state index contributed by atoms with van der Waals surface area (Å²) in [4.78, 5) is 15.5. The number of hydrogen-bond acceptors (Lipinski definition) is 4. The fourth-order valence-electron chi connectivity index (χ4n) is 2.00. The lowest BCUT2D eigenvalue weighted by Gasteiger charge is -2.08. The molecule has 0 unspecified atom stereocenters. The molecule has 142 valence electrons. The van der Waals surface area contributed by atoms with E-state index in [-0.39, 0.29) is 43.2 Å². The van der Waals surface area contributed by atoms with Gasteiger partial charge in [0.05, 0.1) is 18.4 Å². The Hall–Kier alpha value is -2.49. The summed E-state index contributed by atoms with van der Waals surface area (Å²) >= 11 is 0. The van der Waals surface area contributed by atoms with Crippen LogP contribution >= 0.6 is 0 Å². The molecule has 1 amide bonds. The minimum atomic E-state index is -4.41. The molecule has 0 fully saturated rings. The van der Waals surface area contributed by atoms with Crippen LogP contribution in [0.15, 0.2) is 28.8 Å². The normalized spacial score (nSPS) is 11.6. The molecule has 26 heavy (non-hydrogen) atoms. The van der Waals surface area contributed by atoms with Gasteiger partial charge < -0.3 is 14.5 Å². The van der Waals surface area contributed by atoms with E-state index in [9.17, 15) is 26.7 Å². The molecule has 0 saturated carbocycles. The van der Waals surface area contributed by atoms with Gasteiger partial charge in [-0.25, -0.2) is 13.8 Å². The molecule has 0 saturated heterocycles. The van der Waals surface area contributed by atoms with Gasteiger partial charge in [-0.3, -0.25) is 4.79 Å². The lowest BCUT2D eigenvalue weighted by atomic mass is 10.2. The maximum Gasteiger partial charge on any atom is 0.411 e. The third-order valence-electron chi connectivity index (χ3n) is 3.15. The number of oxazole rings is 1. The Balaban J connectivity index is 1.74. The maximum absolute atomic E-state index is 13.7. The van der Waals surface area contributed by atoms with E-state index in [4.69, 9.17) is 4.42 Å². The van der Waals surface area contributed by atoms with Crippen LogP contribution in [0.25, 0.3) is 11.3 Å². The topological polar surface area (TPSA) is 64.4 Å². The molecule has 10 heteroatoms. The van der Waals surface area contributed by atoms with Crippen LogP contribution in [0, 0.1) is 11.6 Å². The summed E-state index contributed by atoms with van der Waals surface area (Å²) < 4.78 is 71.8. The number of amides is 1. The predicted octanol–water partition coefficient (Wildman–Crippen LogP) is 3.25. The van der Waals surface area contributed by atoms with Gasteiger partial charge in [0.15, 0.2) is 11.7 Å². The minimum absolute atomic E-state index is 0.0227. The van der Waals surface area contributed by atoms with Gasteiger partial charge in [-0.05, 0) is 12.1 Å². The van der Waals surface area contributed by atoms with E-state index < -0.39 is 30.3 Å². The van der Waals surface area contributed by atoms with Crippen molar-refractivity contribution in [2.24, 2.45) is 0 Å². The number of carbonyl (C=O) groups excluding carboxylic acids is 1. The number of nitrogens with one attached hydrogen (secondary N) is 1. The van der Waals surface area contributed by atoms with Gasteiger partial charge in [-0.2, -0.15) is 13.2 Å². The fraction of sp³-hybridized carbons (Fsp3) is 0.375. The first-order valence-corrected chi connectivity index (χ1v) is 7.56. The van der Waals surface area contributed by atoms with Crippen molar-refractivity contribution >= 4 is 5.91 Å². The zero-order valence-corrected chi connectivity index (χ0v) is 13.4. The second kappa shape index (κ2) is 8.75. The van der Waals surface area contributed by atoms with Gasteiger partial charge in [-0.15, -0.1) is 0 Å². The molecule has 0 radical (unpaired) electrons. The third-order valence-corrected chi connectivity index (χ3v) is 3.15. The molecule has 2 aromatic rings. The lowest BCUT2D eigenvalue weighted by molar-refractivity contribution is -0.173. The van der Waals surface area contributed by atoms with Crippen LogP contribution in [-0.2, 0) is 16.0 Å². The zero-order chi connectivity index (χ0) is 19.2. The molecule has 0 aliphatic carbocycles. The number of aromatic nitrogens is 1. The second-order valence-corrected chi connectivity index (χ2v) is 5.26. The van der Waals surface area contributed by atoms with Gasteiger partial charge in [0.1, 0.15) is 18.2 Å². The number of carbonyl (C=O) groups is 1. The summed E-state index contributed by atoms with van der Waals surface area (Å²) in [5, 5.41) is 2.39. The van der Waals surface area contributed by atoms with Crippen LogP contribution in [0.4, 0.5) is 22.0 Å². The Bertz CT molecular complexity index is 746. The van der Waals surface area contributed by atoms with E-state index in [0.29, 0.717) is 6.07 Å². The Morgan fingerprint density at radius 2 is 2.04 bits per heavy atom. The summed E-state index contributed by atoms with van der Waals surface area (Å²) in [6, 6.07) is 3.00. The standard InChI is InChI=1S/C16H15F5N2O3/c17-10-1-2-11(12(18)7-10)13-8-23-15(26-13)4-3-14(24)22-5-6-25-9-16(19,20)21/h1-2,7-8H,3-6,9H2,(H,22,24). The van der Waals surface area contributed by atoms with E-state index in [1.165, 1.54) is 12.3 Å². The van der Waals surface area contributed by atoms with Crippen molar-refractivity contribution in [3.05, 3.63) is 41.9 Å². The fourth-order valence-corrected chi connectivity index (χ4v) is 2.00. The Morgan fingerprint density at radius 3 is 2.73 bits per heavy atom. The van der Waals surface area contributed by atoms with Crippen molar-refractivity contribution in [2.75, 3.05) is 19.8 Å². The Morgan fingerprint density at radius 1 is 1.27 bits per heavy atom. The quantitative estimate of drug-likeness (QED) is 0.566. The van der Waals surface area contributed by atoms with E-state index in [1.54, 1.807) is 0 Å². The molecule has 5 nitrogen and oxygen atoms in total. The van der Waals surface area contributed by atoms with Crippen molar-refractivity contribution in [1.82, 2.24) is 10.3 Å². The molecular formula is C16H15F5N2O3. The lowest BCUT2D eigenvalue weighted by Crippen LogP contribution is -2.29. The van der Waals surface area contributed by atoms with E-state index in [0.717, 1.165) is 6.07 Å². The second-order valence-electron chi connectivity index (χ2n) is 5.26. The van der Waals surface area contributed by atoms with Gasteiger partial charge in [-0.1, -0.05) is 0 Å². The monoisotopic (exact) mass is 378 g/mol. The van der Waals surface area contributed by atoms with Crippen LogP contribution in [0.3, 0.4) is 0 Å². The van der Waals surface area contributed by atoms with Crippen LogP contribution in [0.1, 0.15) is 12.3 Å². The Labute approximate surface area is 145 Å². The largest absolute Gasteiger partial charge is 0.441 e. The summed E-state index contributed by atoms with van der Waals surface area (Å²) in [6.45, 7) is -1.70. The number of benzene rings is 1. The first kappa shape index (κ1) is 19.8. The molecule has 2 rings (SSSR count). The van der Waals surface area contributed by atoms with Crippen LogP contribution in [-0.4, -0.2) is 36.8 Å². The van der Waals surface area contributed by atoms with Crippen molar-refractivity contribution in [3.63, 3.8) is 0 Å². The van der Waals surface area contributed by atoms with Crippen LogP contribution < -0.4 is 5.32 Å². The van der Waals surface area contributed by atoms with Crippen molar-refractivity contribution < 1.29 is 35.9 Å². The number of rotatable bonds is 8. The van der Waals surface area contributed by atoms with Gasteiger partial charge in [0, 0.05) is 25.5 Å². The number of hydrogen-bond donors (Lipinski definition) is 1. The van der Waals surface area contributed by atoms with E-state index in [2.05, 4.69) is 15.0 Å². The summed E-state index contributed by atoms with van der Waals surface area (Å²) in [6.07, 6.45) is -3.06. The molecule has 1 aromatic heterocycles. The number of aryl methyl sites for hydroxylation is 1. The maximum atomic E-state index is 13.7. The minimum Gasteiger partial charge on any atom is -0.441 e. The first-order chi connectivity index (χ1) is 12.2. The molecular weight excluding hydrogens is 363 g/mol. The van der Waals surface area contributed by atoms with Crippen LogP contribution in [0.2, 0.25) is 0 Å². The average Bonchev–Trinajstić information content (AvgIpc) is 3.00. The highest BCUT2D eigenvalue weighted by Gasteiger charge is 2.27. The molecule has 1 N–H and O–H groups in total. The molecule has 0 bridgehead atoms. The SMILES string of the molecule is O=C(CCc1ncc(-c2ccc(F)cc2F)o1)NCCOCC(F)(F)F. The smallest absolute Gasteiger partial charge is 0.411 e.